The molecular formula is C17H19FN2O. The predicted molar refractivity (Wildman–Crippen MR) is 82.1 cm³/mol. The number of halogens is 1. The molecule has 0 fully saturated rings. The molecular weight excluding hydrogens is 267 g/mol. The summed E-state index contributed by atoms with van der Waals surface area (Å²) < 4.78 is 13.6. The number of carbonyl (C=O) groups is 1. The Morgan fingerprint density at radius 1 is 1.24 bits per heavy atom. The first kappa shape index (κ1) is 15.0. The molecule has 0 aliphatic heterocycles. The first-order chi connectivity index (χ1) is 10.1. The summed E-state index contributed by atoms with van der Waals surface area (Å²) in [5.41, 5.74) is 7.90. The fourth-order valence-electron chi connectivity index (χ4n) is 2.22. The van der Waals surface area contributed by atoms with Gasteiger partial charge in [-0.05, 0) is 37.1 Å². The molecule has 0 spiro atoms. The van der Waals surface area contributed by atoms with Crippen molar-refractivity contribution in [2.24, 2.45) is 0 Å². The van der Waals surface area contributed by atoms with E-state index in [9.17, 15) is 9.18 Å². The van der Waals surface area contributed by atoms with Gasteiger partial charge in [-0.25, -0.2) is 4.39 Å². The van der Waals surface area contributed by atoms with E-state index in [-0.39, 0.29) is 17.8 Å². The summed E-state index contributed by atoms with van der Waals surface area (Å²) in [5, 5.41) is 2.81. The van der Waals surface area contributed by atoms with Gasteiger partial charge in [0.05, 0.1) is 6.04 Å². The molecule has 1 atom stereocenters. The highest BCUT2D eigenvalue weighted by Crippen LogP contribution is 2.16. The number of hydrogen-bond acceptors (Lipinski definition) is 2. The third-order valence-corrected chi connectivity index (χ3v) is 3.34. The summed E-state index contributed by atoms with van der Waals surface area (Å²) in [5.74, 6) is -0.408. The van der Waals surface area contributed by atoms with E-state index in [2.05, 4.69) is 5.32 Å². The first-order valence-electron chi connectivity index (χ1n) is 6.94. The van der Waals surface area contributed by atoms with Crippen LogP contribution in [0.25, 0.3) is 0 Å². The van der Waals surface area contributed by atoms with Gasteiger partial charge in [0.1, 0.15) is 5.82 Å². The molecule has 21 heavy (non-hydrogen) atoms. The Labute approximate surface area is 124 Å². The van der Waals surface area contributed by atoms with Crippen LogP contribution in [0.1, 0.15) is 30.5 Å². The Bertz CT molecular complexity index is 628. The zero-order valence-corrected chi connectivity index (χ0v) is 12.0. The number of rotatable bonds is 5. The number of carbonyl (C=O) groups excluding carboxylic acids is 1. The smallest absolute Gasteiger partial charge is 0.220 e. The van der Waals surface area contributed by atoms with Crippen LogP contribution in [0.3, 0.4) is 0 Å². The van der Waals surface area contributed by atoms with E-state index in [1.165, 1.54) is 6.07 Å². The standard InChI is InChI=1S/C17H19FN2O/c1-12(15-7-2-3-8-16(15)18)20-17(21)10-9-13-5-4-6-14(19)11-13/h2-8,11-12H,9-10,19H2,1H3,(H,20,21)/t12-/m1/s1. The lowest BCUT2D eigenvalue weighted by Gasteiger charge is -2.15. The molecule has 3 nitrogen and oxygen atoms in total. The molecule has 0 aliphatic rings. The molecule has 0 saturated heterocycles. The molecule has 2 aromatic rings. The van der Waals surface area contributed by atoms with Crippen LogP contribution in [0.15, 0.2) is 48.5 Å². The first-order valence-corrected chi connectivity index (χ1v) is 6.94. The van der Waals surface area contributed by atoms with Crippen molar-refractivity contribution in [1.29, 1.82) is 0 Å². The van der Waals surface area contributed by atoms with E-state index in [0.717, 1.165) is 5.56 Å². The molecule has 1 amide bonds. The fourth-order valence-corrected chi connectivity index (χ4v) is 2.22. The molecule has 0 bridgehead atoms. The van der Waals surface area contributed by atoms with Gasteiger partial charge in [0.15, 0.2) is 0 Å². The number of nitrogens with one attached hydrogen (secondary N) is 1. The normalized spacial score (nSPS) is 11.9. The SMILES string of the molecule is C[C@@H](NC(=O)CCc1cccc(N)c1)c1ccccc1F. The maximum absolute atomic E-state index is 13.6. The zero-order chi connectivity index (χ0) is 15.2. The highest BCUT2D eigenvalue weighted by Gasteiger charge is 2.12. The van der Waals surface area contributed by atoms with Gasteiger partial charge in [-0.1, -0.05) is 30.3 Å². The van der Waals surface area contributed by atoms with Crippen LogP contribution in [0.2, 0.25) is 0 Å². The lowest BCUT2D eigenvalue weighted by Crippen LogP contribution is -2.27. The molecule has 0 radical (unpaired) electrons. The number of amides is 1. The second-order valence-corrected chi connectivity index (χ2v) is 5.06. The van der Waals surface area contributed by atoms with Crippen LogP contribution >= 0.6 is 0 Å². The number of nitrogens with two attached hydrogens (primary N) is 1. The summed E-state index contributed by atoms with van der Waals surface area (Å²) in [7, 11) is 0. The van der Waals surface area contributed by atoms with Crippen LogP contribution in [0.5, 0.6) is 0 Å². The van der Waals surface area contributed by atoms with Gasteiger partial charge < -0.3 is 11.1 Å². The topological polar surface area (TPSA) is 55.1 Å². The number of anilines is 1. The van der Waals surface area contributed by atoms with Crippen LogP contribution < -0.4 is 11.1 Å². The van der Waals surface area contributed by atoms with E-state index in [1.807, 2.05) is 24.3 Å². The summed E-state index contributed by atoms with van der Waals surface area (Å²) >= 11 is 0. The minimum Gasteiger partial charge on any atom is -0.399 e. The second-order valence-electron chi connectivity index (χ2n) is 5.06. The van der Waals surface area contributed by atoms with Crippen LogP contribution in [0.4, 0.5) is 10.1 Å². The third kappa shape index (κ3) is 4.31. The van der Waals surface area contributed by atoms with Crippen molar-refractivity contribution in [2.75, 3.05) is 5.73 Å². The Morgan fingerprint density at radius 2 is 2.00 bits per heavy atom. The lowest BCUT2D eigenvalue weighted by molar-refractivity contribution is -0.121. The van der Waals surface area contributed by atoms with E-state index in [0.29, 0.717) is 24.1 Å². The van der Waals surface area contributed by atoms with Gasteiger partial charge in [0.2, 0.25) is 5.91 Å². The van der Waals surface area contributed by atoms with Gasteiger partial charge in [-0.2, -0.15) is 0 Å². The number of hydrogen-bond donors (Lipinski definition) is 2. The van der Waals surface area contributed by atoms with Gasteiger partial charge in [-0.15, -0.1) is 0 Å². The second kappa shape index (κ2) is 6.88. The van der Waals surface area contributed by atoms with Crippen LogP contribution in [0, 0.1) is 5.82 Å². The molecule has 2 aromatic carbocycles. The summed E-state index contributed by atoms with van der Waals surface area (Å²) in [4.78, 5) is 11.9. The van der Waals surface area contributed by atoms with Crippen molar-refractivity contribution in [2.45, 2.75) is 25.8 Å². The molecule has 0 saturated carbocycles. The van der Waals surface area contributed by atoms with Crippen molar-refractivity contribution in [3.8, 4) is 0 Å². The van der Waals surface area contributed by atoms with Crippen molar-refractivity contribution >= 4 is 11.6 Å². The maximum Gasteiger partial charge on any atom is 0.220 e. The fraction of sp³-hybridized carbons (Fsp3) is 0.235. The van der Waals surface area contributed by atoms with E-state index < -0.39 is 0 Å². The zero-order valence-electron chi connectivity index (χ0n) is 12.0. The molecule has 2 rings (SSSR count). The van der Waals surface area contributed by atoms with Crippen molar-refractivity contribution in [3.63, 3.8) is 0 Å². The van der Waals surface area contributed by atoms with Gasteiger partial charge in [0, 0.05) is 17.7 Å². The van der Waals surface area contributed by atoms with Gasteiger partial charge in [0.25, 0.3) is 0 Å². The van der Waals surface area contributed by atoms with E-state index >= 15 is 0 Å². The van der Waals surface area contributed by atoms with E-state index in [4.69, 9.17) is 5.73 Å². The highest BCUT2D eigenvalue weighted by molar-refractivity contribution is 5.76. The monoisotopic (exact) mass is 286 g/mol. The molecule has 0 heterocycles. The predicted octanol–water partition coefficient (Wildman–Crippen LogP) is 3.22. The van der Waals surface area contributed by atoms with E-state index in [1.54, 1.807) is 25.1 Å². The Balaban J connectivity index is 1.89. The Kier molecular flexibility index (Phi) is 4.93. The molecule has 0 unspecified atom stereocenters. The quantitative estimate of drug-likeness (QED) is 0.829. The van der Waals surface area contributed by atoms with Gasteiger partial charge in [-0.3, -0.25) is 4.79 Å². The van der Waals surface area contributed by atoms with Gasteiger partial charge >= 0.3 is 0 Å². The Morgan fingerprint density at radius 3 is 2.71 bits per heavy atom. The molecule has 4 heteroatoms. The lowest BCUT2D eigenvalue weighted by atomic mass is 10.1. The molecule has 0 aromatic heterocycles. The average Bonchev–Trinajstić information content (AvgIpc) is 2.45. The number of aryl methyl sites for hydroxylation is 1. The summed E-state index contributed by atoms with van der Waals surface area (Å²) in [6.07, 6.45) is 0.961. The minimum absolute atomic E-state index is 0.104. The third-order valence-electron chi connectivity index (χ3n) is 3.34. The van der Waals surface area contributed by atoms with Crippen molar-refractivity contribution < 1.29 is 9.18 Å². The highest BCUT2D eigenvalue weighted by atomic mass is 19.1. The number of nitrogen functional groups attached to an aromatic ring is 1. The largest absolute Gasteiger partial charge is 0.399 e. The summed E-state index contributed by atoms with van der Waals surface area (Å²) in [6, 6.07) is 13.6. The average molecular weight is 286 g/mol. The van der Waals surface area contributed by atoms with Crippen molar-refractivity contribution in [1.82, 2.24) is 5.32 Å². The Hall–Kier alpha value is -2.36. The maximum atomic E-state index is 13.6. The van der Waals surface area contributed by atoms with Crippen LogP contribution in [-0.4, -0.2) is 5.91 Å². The molecule has 110 valence electrons. The van der Waals surface area contributed by atoms with Crippen molar-refractivity contribution in [3.05, 3.63) is 65.5 Å². The molecule has 0 aliphatic carbocycles. The minimum atomic E-state index is -0.348. The molecule has 3 N–H and O–H groups in total. The summed E-state index contributed by atoms with van der Waals surface area (Å²) in [6.45, 7) is 1.77. The van der Waals surface area contributed by atoms with Crippen LogP contribution in [-0.2, 0) is 11.2 Å². The number of benzene rings is 2.